The molecule has 1 rings (SSSR count). The fourth-order valence-electron chi connectivity index (χ4n) is 1.22. The molecule has 0 bridgehead atoms. The van der Waals surface area contributed by atoms with Gasteiger partial charge in [-0.15, -0.1) is 0 Å². The smallest absolute Gasteiger partial charge is 0.169 e. The van der Waals surface area contributed by atoms with Crippen LogP contribution < -0.4 is 4.74 Å². The van der Waals surface area contributed by atoms with Crippen LogP contribution in [-0.4, -0.2) is 18.3 Å². The van der Waals surface area contributed by atoms with Crippen molar-refractivity contribution < 1.29 is 14.2 Å². The van der Waals surface area contributed by atoms with E-state index in [4.69, 9.17) is 4.74 Å². The molecule has 0 fully saturated rings. The number of ether oxygens (including phenoxy) is 1. The van der Waals surface area contributed by atoms with Gasteiger partial charge in [0.05, 0.1) is 13.2 Å². The van der Waals surface area contributed by atoms with E-state index >= 15 is 0 Å². The van der Waals surface area contributed by atoms with Gasteiger partial charge < -0.3 is 9.84 Å². The Morgan fingerprint density at radius 3 is 2.71 bits per heavy atom. The minimum absolute atomic E-state index is 0.198. The number of rotatable bonds is 3. The molecule has 0 saturated carbocycles. The van der Waals surface area contributed by atoms with Crippen LogP contribution in [0, 0.1) is 5.82 Å². The van der Waals surface area contributed by atoms with Gasteiger partial charge in [-0.05, 0) is 19.1 Å². The van der Waals surface area contributed by atoms with Gasteiger partial charge in [-0.2, -0.15) is 0 Å². The third kappa shape index (κ3) is 2.45. The summed E-state index contributed by atoms with van der Waals surface area (Å²) in [5, 5.41) is 9.19. The van der Waals surface area contributed by atoms with Gasteiger partial charge >= 0.3 is 0 Å². The second-order valence-corrected chi connectivity index (χ2v) is 3.95. The maximum Gasteiger partial charge on any atom is 0.169 e. The summed E-state index contributed by atoms with van der Waals surface area (Å²) in [4.78, 5) is 0. The van der Waals surface area contributed by atoms with Gasteiger partial charge in [0.15, 0.2) is 11.6 Å². The Morgan fingerprint density at radius 2 is 2.21 bits per heavy atom. The van der Waals surface area contributed by atoms with Crippen LogP contribution in [0.1, 0.15) is 12.5 Å². The highest BCUT2D eigenvalue weighted by Gasteiger charge is 2.14. The predicted octanol–water partition coefficient (Wildman–Crippen LogP) is 2.52. The summed E-state index contributed by atoms with van der Waals surface area (Å²) in [6.45, 7) is 1.62. The van der Waals surface area contributed by atoms with Crippen molar-refractivity contribution in [2.75, 3.05) is 7.11 Å². The maximum atomic E-state index is 13.6. The highest BCUT2D eigenvalue weighted by molar-refractivity contribution is 9.10. The Balaban J connectivity index is 3.11. The number of halogens is 2. The SMILES string of the molecule is COc1ccc(Br)c(CC(C)O)c1F. The lowest BCUT2D eigenvalue weighted by molar-refractivity contribution is 0.193. The summed E-state index contributed by atoms with van der Waals surface area (Å²) in [6, 6.07) is 3.25. The Labute approximate surface area is 90.8 Å². The normalized spacial score (nSPS) is 12.6. The van der Waals surface area contributed by atoms with Crippen LogP contribution in [0.15, 0.2) is 16.6 Å². The highest BCUT2D eigenvalue weighted by Crippen LogP contribution is 2.28. The first kappa shape index (κ1) is 11.5. The maximum absolute atomic E-state index is 13.6. The Hall–Kier alpha value is -0.610. The first-order valence-corrected chi connectivity index (χ1v) is 5.04. The number of benzene rings is 1. The van der Waals surface area contributed by atoms with Crippen LogP contribution in [0.25, 0.3) is 0 Å². The highest BCUT2D eigenvalue weighted by atomic mass is 79.9. The van der Waals surface area contributed by atoms with Crippen molar-refractivity contribution >= 4 is 15.9 Å². The van der Waals surface area contributed by atoms with E-state index in [1.807, 2.05) is 0 Å². The zero-order chi connectivity index (χ0) is 10.7. The monoisotopic (exact) mass is 262 g/mol. The molecule has 2 nitrogen and oxygen atoms in total. The lowest BCUT2D eigenvalue weighted by atomic mass is 10.1. The first-order chi connectivity index (χ1) is 6.56. The quantitative estimate of drug-likeness (QED) is 0.907. The molecule has 0 amide bonds. The summed E-state index contributed by atoms with van der Waals surface area (Å²) in [5.74, 6) is -0.216. The molecule has 0 aromatic heterocycles. The molecular formula is C10H12BrFO2. The standard InChI is InChI=1S/C10H12BrFO2/c1-6(13)5-7-8(11)3-4-9(14-2)10(7)12/h3-4,6,13H,5H2,1-2H3. The van der Waals surface area contributed by atoms with Crippen molar-refractivity contribution in [3.8, 4) is 5.75 Å². The van der Waals surface area contributed by atoms with E-state index in [9.17, 15) is 9.50 Å². The van der Waals surface area contributed by atoms with Crippen molar-refractivity contribution in [3.05, 3.63) is 28.0 Å². The van der Waals surface area contributed by atoms with E-state index < -0.39 is 11.9 Å². The number of hydrogen-bond donors (Lipinski definition) is 1. The average molecular weight is 263 g/mol. The summed E-state index contributed by atoms with van der Waals surface area (Å²) < 4.78 is 19.1. The molecule has 1 aromatic carbocycles. The second-order valence-electron chi connectivity index (χ2n) is 3.10. The van der Waals surface area contributed by atoms with Crippen LogP contribution in [0.4, 0.5) is 4.39 Å². The summed E-state index contributed by atoms with van der Waals surface area (Å²) in [5.41, 5.74) is 0.444. The van der Waals surface area contributed by atoms with E-state index in [-0.39, 0.29) is 12.2 Å². The Kier molecular flexibility index (Phi) is 3.89. The fraction of sp³-hybridized carbons (Fsp3) is 0.400. The molecule has 0 aliphatic rings. The molecule has 1 aromatic rings. The molecular weight excluding hydrogens is 251 g/mol. The van der Waals surface area contributed by atoms with E-state index in [1.54, 1.807) is 19.1 Å². The minimum atomic E-state index is -0.576. The van der Waals surface area contributed by atoms with E-state index in [2.05, 4.69) is 15.9 Å². The topological polar surface area (TPSA) is 29.5 Å². The van der Waals surface area contributed by atoms with Crippen LogP contribution >= 0.6 is 15.9 Å². The van der Waals surface area contributed by atoms with Gasteiger partial charge in [0.25, 0.3) is 0 Å². The van der Waals surface area contributed by atoms with Crippen molar-refractivity contribution in [2.24, 2.45) is 0 Å². The summed E-state index contributed by atoms with van der Waals surface area (Å²) >= 11 is 3.23. The molecule has 0 spiro atoms. The summed E-state index contributed by atoms with van der Waals surface area (Å²) in [6.07, 6.45) is -0.309. The minimum Gasteiger partial charge on any atom is -0.494 e. The third-order valence-corrected chi connectivity index (χ3v) is 2.61. The summed E-state index contributed by atoms with van der Waals surface area (Å²) in [7, 11) is 1.42. The van der Waals surface area contributed by atoms with E-state index in [0.29, 0.717) is 10.0 Å². The lowest BCUT2D eigenvalue weighted by Gasteiger charge is -2.11. The van der Waals surface area contributed by atoms with Crippen molar-refractivity contribution in [1.82, 2.24) is 0 Å². The Morgan fingerprint density at radius 1 is 1.57 bits per heavy atom. The van der Waals surface area contributed by atoms with Crippen molar-refractivity contribution in [1.29, 1.82) is 0 Å². The van der Waals surface area contributed by atoms with Crippen LogP contribution in [0.3, 0.4) is 0 Å². The molecule has 1 atom stereocenters. The van der Waals surface area contributed by atoms with Crippen LogP contribution in [-0.2, 0) is 6.42 Å². The molecule has 4 heteroatoms. The second kappa shape index (κ2) is 4.75. The fourth-order valence-corrected chi connectivity index (χ4v) is 1.68. The molecule has 0 saturated heterocycles. The van der Waals surface area contributed by atoms with Crippen molar-refractivity contribution in [2.45, 2.75) is 19.4 Å². The molecule has 0 aliphatic carbocycles. The number of hydrogen-bond acceptors (Lipinski definition) is 2. The average Bonchev–Trinajstić information content (AvgIpc) is 2.12. The van der Waals surface area contributed by atoms with E-state index in [0.717, 1.165) is 0 Å². The third-order valence-electron chi connectivity index (χ3n) is 1.87. The van der Waals surface area contributed by atoms with Gasteiger partial charge in [-0.3, -0.25) is 0 Å². The molecule has 78 valence electrons. The number of aliphatic hydroxyl groups excluding tert-OH is 1. The van der Waals surface area contributed by atoms with Gasteiger partial charge in [0.2, 0.25) is 0 Å². The molecule has 0 heterocycles. The predicted molar refractivity (Wildman–Crippen MR) is 56.0 cm³/mol. The van der Waals surface area contributed by atoms with Crippen LogP contribution in [0.5, 0.6) is 5.75 Å². The van der Waals surface area contributed by atoms with Gasteiger partial charge in [-0.25, -0.2) is 4.39 Å². The number of aliphatic hydroxyl groups is 1. The Bertz CT molecular complexity index is 326. The molecule has 1 N–H and O–H groups in total. The zero-order valence-corrected chi connectivity index (χ0v) is 9.64. The zero-order valence-electron chi connectivity index (χ0n) is 8.05. The molecule has 0 radical (unpaired) electrons. The van der Waals surface area contributed by atoms with Gasteiger partial charge in [-0.1, -0.05) is 15.9 Å². The lowest BCUT2D eigenvalue weighted by Crippen LogP contribution is -2.07. The molecule has 1 unspecified atom stereocenters. The van der Waals surface area contributed by atoms with Gasteiger partial charge in [0.1, 0.15) is 0 Å². The number of methoxy groups -OCH3 is 1. The largest absolute Gasteiger partial charge is 0.494 e. The molecule has 0 aliphatic heterocycles. The van der Waals surface area contributed by atoms with E-state index in [1.165, 1.54) is 7.11 Å². The molecule has 14 heavy (non-hydrogen) atoms. The van der Waals surface area contributed by atoms with Crippen LogP contribution in [0.2, 0.25) is 0 Å². The van der Waals surface area contributed by atoms with Crippen molar-refractivity contribution in [3.63, 3.8) is 0 Å². The van der Waals surface area contributed by atoms with Gasteiger partial charge in [0, 0.05) is 16.5 Å². The first-order valence-electron chi connectivity index (χ1n) is 4.25.